The van der Waals surface area contributed by atoms with Crippen molar-refractivity contribution in [3.63, 3.8) is 0 Å². The van der Waals surface area contributed by atoms with Crippen LogP contribution < -0.4 is 9.47 Å². The van der Waals surface area contributed by atoms with Crippen LogP contribution in [0.1, 0.15) is 116 Å². The van der Waals surface area contributed by atoms with Crippen molar-refractivity contribution in [2.45, 2.75) is 123 Å². The Morgan fingerprint density at radius 3 is 1.95 bits per heavy atom. The molecular formula is C33H58N2O4. The minimum absolute atomic E-state index is 0.0710. The van der Waals surface area contributed by atoms with Gasteiger partial charge >= 0.3 is 0 Å². The average molecular weight is 547 g/mol. The summed E-state index contributed by atoms with van der Waals surface area (Å²) in [6.07, 6.45) is 19.3. The highest BCUT2D eigenvalue weighted by atomic mass is 16.5. The number of carbonyl (C=O) groups excluding carboxylic acids is 1. The van der Waals surface area contributed by atoms with Crippen molar-refractivity contribution < 1.29 is 19.4 Å². The number of ketones is 1. The van der Waals surface area contributed by atoms with E-state index in [0.29, 0.717) is 24.3 Å². The molecule has 0 spiro atoms. The molecule has 6 nitrogen and oxygen atoms in total. The molecule has 0 heterocycles. The van der Waals surface area contributed by atoms with Crippen LogP contribution in [0.3, 0.4) is 0 Å². The Morgan fingerprint density at radius 2 is 1.41 bits per heavy atom. The van der Waals surface area contributed by atoms with Crippen LogP contribution in [0.15, 0.2) is 29.4 Å². The van der Waals surface area contributed by atoms with Crippen LogP contribution in [0, 0.1) is 0 Å². The molecule has 1 aromatic carbocycles. The molecule has 39 heavy (non-hydrogen) atoms. The summed E-state index contributed by atoms with van der Waals surface area (Å²) in [6.45, 7) is 5.39. The first-order valence-electron chi connectivity index (χ1n) is 15.2. The minimum Gasteiger partial charge on any atom is -0.493 e. The second-order valence-electron chi connectivity index (χ2n) is 10.5. The molecule has 0 aromatic heterocycles. The van der Waals surface area contributed by atoms with E-state index in [1.54, 1.807) is 20.3 Å². The summed E-state index contributed by atoms with van der Waals surface area (Å²) in [4.78, 5) is 18.2. The van der Waals surface area contributed by atoms with Gasteiger partial charge in [-0.25, -0.2) is 4.99 Å². The van der Waals surface area contributed by atoms with Gasteiger partial charge in [-0.3, -0.25) is 4.79 Å². The van der Waals surface area contributed by atoms with E-state index in [4.69, 9.17) is 9.47 Å². The third-order valence-electron chi connectivity index (χ3n) is 6.56. The molecule has 0 bridgehead atoms. The molecule has 1 aromatic rings. The number of aliphatic hydroxyl groups is 1. The van der Waals surface area contributed by atoms with Crippen LogP contribution in [0.5, 0.6) is 11.5 Å². The number of nitrogens with zero attached hydrogens (tertiary/aromatic N) is 2. The van der Waals surface area contributed by atoms with Crippen molar-refractivity contribution in [3.05, 3.63) is 30.0 Å². The maximum absolute atomic E-state index is 12.1. The van der Waals surface area contributed by atoms with Gasteiger partial charge in [0.15, 0.2) is 17.3 Å². The fourth-order valence-corrected chi connectivity index (χ4v) is 4.14. The van der Waals surface area contributed by atoms with E-state index in [0.717, 1.165) is 24.9 Å². The number of rotatable bonds is 22. The average Bonchev–Trinajstić information content (AvgIpc) is 2.93. The molecular weight excluding hydrogens is 488 g/mol. The highest BCUT2D eigenvalue weighted by molar-refractivity contribution is 5.83. The quantitative estimate of drug-likeness (QED) is 0.119. The fourth-order valence-electron chi connectivity index (χ4n) is 4.14. The molecule has 0 fully saturated rings. The summed E-state index contributed by atoms with van der Waals surface area (Å²) in [5.74, 6) is 4.11. The molecule has 0 radical (unpaired) electrons. The number of hydrogen-bond donors (Lipinski definition) is 1. The molecule has 224 valence electrons. The maximum Gasteiger partial charge on any atom is 0.161 e. The second-order valence-corrected chi connectivity index (χ2v) is 10.5. The minimum atomic E-state index is -0.941. The van der Waals surface area contributed by atoms with Crippen molar-refractivity contribution in [2.75, 3.05) is 34.9 Å². The number of unbranched alkanes of at least 4 members (excludes halogenated alkanes) is 12. The Morgan fingerprint density at radius 1 is 0.872 bits per heavy atom. The molecule has 1 N–H and O–H groups in total. The zero-order chi connectivity index (χ0) is 29.1. The first-order chi connectivity index (χ1) is 18.9. The highest BCUT2D eigenvalue weighted by Gasteiger charge is 2.16. The van der Waals surface area contributed by atoms with Crippen molar-refractivity contribution >= 4 is 11.7 Å². The van der Waals surface area contributed by atoms with Gasteiger partial charge in [0.2, 0.25) is 0 Å². The van der Waals surface area contributed by atoms with E-state index in [9.17, 15) is 9.90 Å². The van der Waals surface area contributed by atoms with Crippen molar-refractivity contribution in [2.24, 2.45) is 4.99 Å². The third-order valence-corrected chi connectivity index (χ3v) is 6.56. The first-order valence-corrected chi connectivity index (χ1v) is 15.2. The van der Waals surface area contributed by atoms with E-state index < -0.39 is 6.10 Å². The topological polar surface area (TPSA) is 71.4 Å². The van der Waals surface area contributed by atoms with Gasteiger partial charge in [-0.05, 0) is 36.4 Å². The van der Waals surface area contributed by atoms with Gasteiger partial charge in [-0.2, -0.15) is 0 Å². The third kappa shape index (κ3) is 21.2. The monoisotopic (exact) mass is 546 g/mol. The van der Waals surface area contributed by atoms with E-state index >= 15 is 0 Å². The zero-order valence-corrected chi connectivity index (χ0v) is 26.0. The Bertz CT molecular complexity index is 788. The predicted octanol–water partition coefficient (Wildman–Crippen LogP) is 7.80. The molecule has 0 saturated heterocycles. The summed E-state index contributed by atoms with van der Waals surface area (Å²) in [5.41, 5.74) is 0.869. The number of aliphatic imine (C=N–C) groups is 1. The van der Waals surface area contributed by atoms with Crippen molar-refractivity contribution in [1.29, 1.82) is 0 Å². The summed E-state index contributed by atoms with van der Waals surface area (Å²) >= 11 is 0. The SMILES string of the molecule is CCCCCCCCCC(=O)C(O)Cc1ccc(OC)c(OC)c1.CCCCCCCCCN=C=CN(C)C. The van der Waals surface area contributed by atoms with Gasteiger partial charge in [-0.1, -0.05) is 97.0 Å². The lowest BCUT2D eigenvalue weighted by Crippen LogP contribution is -2.22. The van der Waals surface area contributed by atoms with Crippen LogP contribution in [0.4, 0.5) is 0 Å². The van der Waals surface area contributed by atoms with Crippen LogP contribution in [0.2, 0.25) is 0 Å². The van der Waals surface area contributed by atoms with Crippen LogP contribution in [-0.2, 0) is 11.2 Å². The predicted molar refractivity (Wildman–Crippen MR) is 165 cm³/mol. The zero-order valence-electron chi connectivity index (χ0n) is 26.0. The van der Waals surface area contributed by atoms with E-state index in [-0.39, 0.29) is 5.78 Å². The Hall–Kier alpha value is -2.30. The molecule has 0 amide bonds. The number of aliphatic hydroxyl groups excluding tert-OH is 1. The molecule has 6 heteroatoms. The van der Waals surface area contributed by atoms with Gasteiger partial charge in [0, 0.05) is 33.5 Å². The number of benzene rings is 1. The molecule has 0 aliphatic heterocycles. The summed E-state index contributed by atoms with van der Waals surface area (Å²) in [6, 6.07) is 5.45. The Balaban J connectivity index is 0.000000830. The standard InChI is InChI=1S/C20H32O4.C13H26N2/c1-4-5-6-7-8-9-10-11-17(21)18(22)14-16-12-13-19(23-2)20(15-16)24-3;1-4-5-6-7-8-9-10-11-14-12-13-15(2)3/h12-13,15,18,22H,4-11,14H2,1-3H3;13H,4-11H2,1-3H3. The molecule has 1 rings (SSSR count). The van der Waals surface area contributed by atoms with E-state index in [1.165, 1.54) is 77.0 Å². The maximum atomic E-state index is 12.1. The number of carbonyl (C=O) groups is 1. The van der Waals surface area contributed by atoms with Gasteiger partial charge < -0.3 is 19.5 Å². The highest BCUT2D eigenvalue weighted by Crippen LogP contribution is 2.28. The summed E-state index contributed by atoms with van der Waals surface area (Å²) in [5, 5.41) is 10.1. The first kappa shape index (κ1) is 36.7. The molecule has 0 aliphatic rings. The normalized spacial score (nSPS) is 11.1. The van der Waals surface area contributed by atoms with Crippen molar-refractivity contribution in [1.82, 2.24) is 4.90 Å². The molecule has 0 aliphatic carbocycles. The molecule has 1 unspecified atom stereocenters. The number of methoxy groups -OCH3 is 2. The van der Waals surface area contributed by atoms with Crippen LogP contribution in [0.25, 0.3) is 0 Å². The lowest BCUT2D eigenvalue weighted by molar-refractivity contribution is -0.127. The lowest BCUT2D eigenvalue weighted by Gasteiger charge is -2.12. The summed E-state index contributed by atoms with van der Waals surface area (Å²) < 4.78 is 10.4. The van der Waals surface area contributed by atoms with Gasteiger partial charge in [-0.15, -0.1) is 0 Å². The Kier molecular flexibility index (Phi) is 24.4. The van der Waals surface area contributed by atoms with Gasteiger partial charge in [0.1, 0.15) is 6.10 Å². The second kappa shape index (κ2) is 26.0. The number of ether oxygens (including phenoxy) is 2. The van der Waals surface area contributed by atoms with Gasteiger partial charge in [0.05, 0.1) is 20.4 Å². The van der Waals surface area contributed by atoms with Crippen LogP contribution in [-0.4, -0.2) is 62.6 Å². The van der Waals surface area contributed by atoms with Crippen molar-refractivity contribution in [3.8, 4) is 11.5 Å². The molecule has 1 atom stereocenters. The molecule has 0 saturated carbocycles. The van der Waals surface area contributed by atoms with E-state index in [2.05, 4.69) is 24.7 Å². The summed E-state index contributed by atoms with van der Waals surface area (Å²) in [7, 11) is 7.12. The van der Waals surface area contributed by atoms with E-state index in [1.807, 2.05) is 37.3 Å². The lowest BCUT2D eigenvalue weighted by atomic mass is 10.00. The Labute approximate surface area is 239 Å². The van der Waals surface area contributed by atoms with Gasteiger partial charge in [0.25, 0.3) is 0 Å². The largest absolute Gasteiger partial charge is 0.493 e. The van der Waals surface area contributed by atoms with Crippen LogP contribution >= 0.6 is 0 Å². The number of hydrogen-bond acceptors (Lipinski definition) is 6. The smallest absolute Gasteiger partial charge is 0.161 e. The fraction of sp³-hybridized carbons (Fsp3) is 0.727. The number of Topliss-reactive ketones (excluding diaryl/α,β-unsaturated/α-hetero) is 1.